The van der Waals surface area contributed by atoms with Crippen LogP contribution in [0.3, 0.4) is 0 Å². The van der Waals surface area contributed by atoms with Crippen molar-refractivity contribution in [3.63, 3.8) is 0 Å². The predicted octanol–water partition coefficient (Wildman–Crippen LogP) is 3.15. The van der Waals surface area contributed by atoms with E-state index in [1.165, 1.54) is 11.8 Å². The van der Waals surface area contributed by atoms with E-state index in [4.69, 9.17) is 4.42 Å². The minimum absolute atomic E-state index is 0.562. The number of carboxylic acids is 1. The lowest BCUT2D eigenvalue weighted by atomic mass is 9.91. The fourth-order valence-electron chi connectivity index (χ4n) is 2.29. The number of benzene rings is 1. The second-order valence-electron chi connectivity index (χ2n) is 4.89. The molecule has 2 N–H and O–H groups in total. The van der Waals surface area contributed by atoms with Gasteiger partial charge in [0.2, 0.25) is 0 Å². The molecule has 2 aromatic rings. The summed E-state index contributed by atoms with van der Waals surface area (Å²) in [6, 6.07) is 7.64. The number of aliphatic carboxylic acids is 1. The summed E-state index contributed by atoms with van der Waals surface area (Å²) >= 11 is 1.52. The first-order valence-electron chi connectivity index (χ1n) is 7.02. The number of carbonyl (C=O) groups is 1. The Kier molecular flexibility index (Phi) is 5.25. The van der Waals surface area contributed by atoms with Crippen LogP contribution in [-0.2, 0) is 4.79 Å². The van der Waals surface area contributed by atoms with Crippen LogP contribution in [0.1, 0.15) is 26.2 Å². The van der Waals surface area contributed by atoms with Crippen molar-refractivity contribution in [2.75, 3.05) is 12.8 Å². The largest absolute Gasteiger partial charge is 0.480 e. The molecule has 0 saturated carbocycles. The van der Waals surface area contributed by atoms with Crippen LogP contribution in [0.2, 0.25) is 0 Å². The van der Waals surface area contributed by atoms with Gasteiger partial charge in [-0.3, -0.25) is 4.79 Å². The van der Waals surface area contributed by atoms with E-state index in [-0.39, 0.29) is 0 Å². The highest BCUT2D eigenvalue weighted by molar-refractivity contribution is 7.99. The van der Waals surface area contributed by atoms with Gasteiger partial charge >= 0.3 is 5.97 Å². The molecule has 1 unspecified atom stereocenters. The number of hydrogen-bond donors (Lipinski definition) is 2. The lowest BCUT2D eigenvalue weighted by Gasteiger charge is -2.27. The Morgan fingerprint density at radius 2 is 2.24 bits per heavy atom. The monoisotopic (exact) mass is 308 g/mol. The Labute approximate surface area is 128 Å². The standard InChI is InChI=1S/C15H20N2O3S/c1-3-15(16-2,13(18)19)9-6-10-21-14-17-11-7-4-5-8-12(11)20-14/h4-5,7-8,16H,3,6,9-10H2,1-2H3,(H,18,19). The van der Waals surface area contributed by atoms with Gasteiger partial charge in [0, 0.05) is 5.75 Å². The number of hydrogen-bond acceptors (Lipinski definition) is 5. The van der Waals surface area contributed by atoms with Crippen molar-refractivity contribution >= 4 is 28.8 Å². The molecule has 1 aromatic heterocycles. The fourth-order valence-corrected chi connectivity index (χ4v) is 3.06. The molecule has 1 heterocycles. The van der Waals surface area contributed by atoms with Gasteiger partial charge in [0.15, 0.2) is 5.58 Å². The van der Waals surface area contributed by atoms with Crippen LogP contribution >= 0.6 is 11.8 Å². The van der Waals surface area contributed by atoms with Gasteiger partial charge < -0.3 is 14.8 Å². The second-order valence-corrected chi connectivity index (χ2v) is 5.94. The van der Waals surface area contributed by atoms with Gasteiger partial charge in [-0.25, -0.2) is 4.98 Å². The SMILES string of the molecule is CCC(CCCSc1nc2ccccc2o1)(NC)C(=O)O. The van der Waals surface area contributed by atoms with Crippen molar-refractivity contribution < 1.29 is 14.3 Å². The number of para-hydroxylation sites is 2. The topological polar surface area (TPSA) is 75.4 Å². The third kappa shape index (κ3) is 3.57. The van der Waals surface area contributed by atoms with Crippen LogP contribution in [0.4, 0.5) is 0 Å². The molecule has 0 fully saturated rings. The zero-order valence-electron chi connectivity index (χ0n) is 12.3. The number of aromatic nitrogens is 1. The summed E-state index contributed by atoms with van der Waals surface area (Å²) < 4.78 is 5.62. The Morgan fingerprint density at radius 1 is 1.48 bits per heavy atom. The molecular weight excluding hydrogens is 288 g/mol. The number of oxazole rings is 1. The molecule has 2 rings (SSSR count). The number of nitrogens with one attached hydrogen (secondary N) is 1. The molecule has 1 atom stereocenters. The van der Waals surface area contributed by atoms with Crippen molar-refractivity contribution in [3.05, 3.63) is 24.3 Å². The van der Waals surface area contributed by atoms with Crippen molar-refractivity contribution in [1.82, 2.24) is 10.3 Å². The van der Waals surface area contributed by atoms with E-state index < -0.39 is 11.5 Å². The van der Waals surface area contributed by atoms with Gasteiger partial charge in [0.25, 0.3) is 5.22 Å². The number of thioether (sulfide) groups is 1. The van der Waals surface area contributed by atoms with Gasteiger partial charge in [0.05, 0.1) is 0 Å². The van der Waals surface area contributed by atoms with Crippen LogP contribution in [-0.4, -0.2) is 34.4 Å². The minimum Gasteiger partial charge on any atom is -0.480 e. The molecule has 5 nitrogen and oxygen atoms in total. The van der Waals surface area contributed by atoms with E-state index >= 15 is 0 Å². The van der Waals surface area contributed by atoms with Gasteiger partial charge in [-0.15, -0.1) is 0 Å². The predicted molar refractivity (Wildman–Crippen MR) is 83.7 cm³/mol. The maximum absolute atomic E-state index is 11.4. The molecule has 0 saturated heterocycles. The van der Waals surface area contributed by atoms with E-state index in [0.717, 1.165) is 23.3 Å². The molecular formula is C15H20N2O3S. The normalized spacial score (nSPS) is 14.2. The lowest BCUT2D eigenvalue weighted by molar-refractivity contribution is -0.145. The maximum Gasteiger partial charge on any atom is 0.323 e. The van der Waals surface area contributed by atoms with Gasteiger partial charge in [-0.1, -0.05) is 30.8 Å². The third-order valence-electron chi connectivity index (χ3n) is 3.74. The highest BCUT2D eigenvalue weighted by Gasteiger charge is 2.34. The summed E-state index contributed by atoms with van der Waals surface area (Å²) in [5.74, 6) is -0.0110. The van der Waals surface area contributed by atoms with Crippen LogP contribution in [0, 0.1) is 0 Å². The van der Waals surface area contributed by atoms with Crippen molar-refractivity contribution in [2.24, 2.45) is 0 Å². The number of carboxylic acid groups (broad SMARTS) is 1. The first kappa shape index (κ1) is 15.9. The Hall–Kier alpha value is -1.53. The average Bonchev–Trinajstić information content (AvgIpc) is 2.90. The maximum atomic E-state index is 11.4. The molecule has 0 aliphatic heterocycles. The molecule has 0 bridgehead atoms. The summed E-state index contributed by atoms with van der Waals surface area (Å²) in [4.78, 5) is 15.8. The number of fused-ring (bicyclic) bond motifs is 1. The van der Waals surface area contributed by atoms with Crippen molar-refractivity contribution in [3.8, 4) is 0 Å². The average molecular weight is 308 g/mol. The number of rotatable bonds is 8. The van der Waals surface area contributed by atoms with E-state index in [1.807, 2.05) is 31.2 Å². The smallest absolute Gasteiger partial charge is 0.323 e. The molecule has 0 spiro atoms. The van der Waals surface area contributed by atoms with Crippen LogP contribution in [0.25, 0.3) is 11.1 Å². The summed E-state index contributed by atoms with van der Waals surface area (Å²) in [5, 5.41) is 12.9. The van der Waals surface area contributed by atoms with Gasteiger partial charge in [0.1, 0.15) is 11.1 Å². The number of nitrogens with zero attached hydrogens (tertiary/aromatic N) is 1. The minimum atomic E-state index is -0.831. The third-order valence-corrected chi connectivity index (χ3v) is 4.65. The van der Waals surface area contributed by atoms with E-state index in [1.54, 1.807) is 7.05 Å². The summed E-state index contributed by atoms with van der Waals surface area (Å²) in [7, 11) is 1.70. The first-order chi connectivity index (χ1) is 10.1. The van der Waals surface area contributed by atoms with E-state index in [9.17, 15) is 9.90 Å². The molecule has 0 radical (unpaired) electrons. The summed E-state index contributed by atoms with van der Waals surface area (Å²) in [6.45, 7) is 1.89. The molecule has 0 aliphatic carbocycles. The van der Waals surface area contributed by atoms with E-state index in [0.29, 0.717) is 18.1 Å². The Morgan fingerprint density at radius 3 is 2.86 bits per heavy atom. The highest BCUT2D eigenvalue weighted by Crippen LogP contribution is 2.25. The highest BCUT2D eigenvalue weighted by atomic mass is 32.2. The second kappa shape index (κ2) is 6.95. The van der Waals surface area contributed by atoms with Crippen molar-refractivity contribution in [1.29, 1.82) is 0 Å². The quantitative estimate of drug-likeness (QED) is 0.576. The molecule has 0 aliphatic rings. The molecule has 1 aromatic carbocycles. The van der Waals surface area contributed by atoms with Crippen LogP contribution < -0.4 is 5.32 Å². The molecule has 21 heavy (non-hydrogen) atoms. The van der Waals surface area contributed by atoms with Gasteiger partial charge in [-0.05, 0) is 38.4 Å². The Balaban J connectivity index is 1.88. The van der Waals surface area contributed by atoms with Crippen LogP contribution in [0.15, 0.2) is 33.9 Å². The zero-order valence-corrected chi connectivity index (χ0v) is 13.1. The summed E-state index contributed by atoms with van der Waals surface area (Å²) in [6.07, 6.45) is 1.93. The van der Waals surface area contributed by atoms with E-state index in [2.05, 4.69) is 10.3 Å². The Bertz CT molecular complexity index is 575. The molecule has 6 heteroatoms. The van der Waals surface area contributed by atoms with Crippen molar-refractivity contribution in [2.45, 2.75) is 36.9 Å². The van der Waals surface area contributed by atoms with Gasteiger partial charge in [-0.2, -0.15) is 0 Å². The molecule has 114 valence electrons. The number of likely N-dealkylation sites (N-methyl/N-ethyl adjacent to an activating group) is 1. The first-order valence-corrected chi connectivity index (χ1v) is 8.00. The van der Waals surface area contributed by atoms with Crippen LogP contribution in [0.5, 0.6) is 0 Å². The fraction of sp³-hybridized carbons (Fsp3) is 0.467. The lowest BCUT2D eigenvalue weighted by Crippen LogP contribution is -2.49. The summed E-state index contributed by atoms with van der Waals surface area (Å²) in [5.41, 5.74) is 0.800. The zero-order chi connectivity index (χ0) is 15.3. The molecule has 0 amide bonds.